The van der Waals surface area contributed by atoms with E-state index in [0.717, 1.165) is 14.9 Å². The van der Waals surface area contributed by atoms with Crippen LogP contribution in [0.15, 0.2) is 70.1 Å². The van der Waals surface area contributed by atoms with Gasteiger partial charge in [-0.2, -0.15) is 0 Å². The first-order valence-corrected chi connectivity index (χ1v) is 10.5. The van der Waals surface area contributed by atoms with E-state index in [1.54, 1.807) is 31.4 Å². The van der Waals surface area contributed by atoms with Gasteiger partial charge in [0.25, 0.3) is 11.8 Å². The maximum absolute atomic E-state index is 13.3. The number of carbonyl (C=O) groups is 2. The topological polar surface area (TPSA) is 58.6 Å². The SMILES string of the molecule is COc1ccc(C)cc1NC1=C(c2cccs2)C(=O)N(c2ccc(Br)cc2)C1=O. The van der Waals surface area contributed by atoms with Crippen LogP contribution in [0.3, 0.4) is 0 Å². The van der Waals surface area contributed by atoms with Crippen LogP contribution in [0.25, 0.3) is 5.57 Å². The molecular weight excluding hydrogens is 452 g/mol. The molecule has 0 saturated carbocycles. The Morgan fingerprint density at radius 3 is 2.45 bits per heavy atom. The van der Waals surface area contributed by atoms with Gasteiger partial charge >= 0.3 is 0 Å². The van der Waals surface area contributed by atoms with Gasteiger partial charge in [-0.1, -0.05) is 28.1 Å². The molecule has 0 spiro atoms. The third-order valence-electron chi connectivity index (χ3n) is 4.55. The van der Waals surface area contributed by atoms with Gasteiger partial charge in [-0.05, 0) is 60.3 Å². The van der Waals surface area contributed by atoms with Crippen LogP contribution in [-0.2, 0) is 9.59 Å². The molecule has 29 heavy (non-hydrogen) atoms. The maximum atomic E-state index is 13.3. The van der Waals surface area contributed by atoms with Gasteiger partial charge in [0.15, 0.2) is 0 Å². The number of halogens is 1. The lowest BCUT2D eigenvalue weighted by atomic mass is 10.1. The highest BCUT2D eigenvalue weighted by molar-refractivity contribution is 9.10. The number of benzene rings is 2. The Kier molecular flexibility index (Phi) is 5.25. The molecule has 1 aliphatic heterocycles. The quantitative estimate of drug-likeness (QED) is 0.521. The summed E-state index contributed by atoms with van der Waals surface area (Å²) in [6.45, 7) is 1.95. The molecule has 2 amide bonds. The second-order valence-corrected chi connectivity index (χ2v) is 8.34. The summed E-state index contributed by atoms with van der Waals surface area (Å²) in [6.07, 6.45) is 0. The van der Waals surface area contributed by atoms with E-state index < -0.39 is 5.91 Å². The molecule has 4 rings (SSSR count). The largest absolute Gasteiger partial charge is 0.495 e. The third-order valence-corrected chi connectivity index (χ3v) is 5.97. The molecule has 0 saturated heterocycles. The summed E-state index contributed by atoms with van der Waals surface area (Å²) in [5, 5.41) is 5.05. The van der Waals surface area contributed by atoms with Gasteiger partial charge in [-0.25, -0.2) is 4.90 Å². The summed E-state index contributed by atoms with van der Waals surface area (Å²) in [7, 11) is 1.57. The minimum atomic E-state index is -0.399. The van der Waals surface area contributed by atoms with E-state index in [-0.39, 0.29) is 11.6 Å². The Hall–Kier alpha value is -2.90. The van der Waals surface area contributed by atoms with Crippen LogP contribution in [0.1, 0.15) is 10.4 Å². The molecule has 0 fully saturated rings. The van der Waals surface area contributed by atoms with Crippen molar-refractivity contribution >= 4 is 56.0 Å². The number of hydrogen-bond donors (Lipinski definition) is 1. The fourth-order valence-electron chi connectivity index (χ4n) is 3.17. The van der Waals surface area contributed by atoms with Crippen molar-refractivity contribution in [3.63, 3.8) is 0 Å². The molecular formula is C22H17BrN2O3S. The van der Waals surface area contributed by atoms with Crippen molar-refractivity contribution in [2.75, 3.05) is 17.3 Å². The molecule has 0 atom stereocenters. The summed E-state index contributed by atoms with van der Waals surface area (Å²) in [4.78, 5) is 28.6. The van der Waals surface area contributed by atoms with E-state index >= 15 is 0 Å². The van der Waals surface area contributed by atoms with Crippen molar-refractivity contribution in [2.45, 2.75) is 6.92 Å². The number of aryl methyl sites for hydroxylation is 1. The van der Waals surface area contributed by atoms with E-state index in [9.17, 15) is 9.59 Å². The van der Waals surface area contributed by atoms with E-state index in [4.69, 9.17) is 4.74 Å². The molecule has 146 valence electrons. The summed E-state index contributed by atoms with van der Waals surface area (Å²) in [5.74, 6) is -0.158. The first-order chi connectivity index (χ1) is 14.0. The third kappa shape index (κ3) is 3.59. The smallest absolute Gasteiger partial charge is 0.282 e. The number of nitrogens with zero attached hydrogens (tertiary/aromatic N) is 1. The van der Waals surface area contributed by atoms with Crippen molar-refractivity contribution in [1.82, 2.24) is 0 Å². The number of nitrogens with one attached hydrogen (secondary N) is 1. The molecule has 1 N–H and O–H groups in total. The monoisotopic (exact) mass is 468 g/mol. The van der Waals surface area contributed by atoms with Crippen LogP contribution < -0.4 is 15.0 Å². The van der Waals surface area contributed by atoms with Gasteiger partial charge in [0, 0.05) is 9.35 Å². The number of thiophene rings is 1. The number of carbonyl (C=O) groups excluding carboxylic acids is 2. The molecule has 0 unspecified atom stereocenters. The predicted octanol–water partition coefficient (Wildman–Crippen LogP) is 5.22. The molecule has 3 aromatic rings. The number of methoxy groups -OCH3 is 1. The average molecular weight is 469 g/mol. The van der Waals surface area contributed by atoms with Gasteiger partial charge < -0.3 is 10.1 Å². The van der Waals surface area contributed by atoms with Crippen molar-refractivity contribution < 1.29 is 14.3 Å². The fraction of sp³-hybridized carbons (Fsp3) is 0.0909. The van der Waals surface area contributed by atoms with Gasteiger partial charge in [-0.15, -0.1) is 11.3 Å². The van der Waals surface area contributed by atoms with Crippen LogP contribution in [0.4, 0.5) is 11.4 Å². The molecule has 7 heteroatoms. The van der Waals surface area contributed by atoms with Crippen LogP contribution in [0.2, 0.25) is 0 Å². The highest BCUT2D eigenvalue weighted by Crippen LogP contribution is 2.37. The van der Waals surface area contributed by atoms with Crippen molar-refractivity contribution in [3.8, 4) is 5.75 Å². The lowest BCUT2D eigenvalue weighted by Gasteiger charge is -2.16. The standard InChI is InChI=1S/C22H17BrN2O3S/c1-13-5-10-17(28-2)16(12-13)24-20-19(18-4-3-11-29-18)21(26)25(22(20)27)15-8-6-14(23)7-9-15/h3-12,24H,1-2H3. The van der Waals surface area contributed by atoms with Crippen molar-refractivity contribution in [1.29, 1.82) is 0 Å². The Balaban J connectivity index is 1.82. The van der Waals surface area contributed by atoms with Crippen LogP contribution >= 0.6 is 27.3 Å². The zero-order valence-corrected chi connectivity index (χ0v) is 18.1. The summed E-state index contributed by atoms with van der Waals surface area (Å²) in [6, 6.07) is 16.4. The number of anilines is 2. The number of imide groups is 1. The zero-order valence-electron chi connectivity index (χ0n) is 15.7. The van der Waals surface area contributed by atoms with E-state index in [1.165, 1.54) is 16.2 Å². The average Bonchev–Trinajstić information content (AvgIpc) is 3.30. The van der Waals surface area contributed by atoms with E-state index in [2.05, 4.69) is 21.2 Å². The molecule has 1 aromatic heterocycles. The minimum absolute atomic E-state index is 0.240. The summed E-state index contributed by atoms with van der Waals surface area (Å²) < 4.78 is 6.30. The Morgan fingerprint density at radius 1 is 1.03 bits per heavy atom. The summed E-state index contributed by atoms with van der Waals surface area (Å²) in [5.41, 5.74) is 2.76. The van der Waals surface area contributed by atoms with Crippen LogP contribution in [-0.4, -0.2) is 18.9 Å². The fourth-order valence-corrected chi connectivity index (χ4v) is 4.21. The summed E-state index contributed by atoms with van der Waals surface area (Å²) >= 11 is 4.80. The van der Waals surface area contributed by atoms with Crippen molar-refractivity contribution in [3.05, 3.63) is 80.6 Å². The Labute approximate surface area is 180 Å². The number of hydrogen-bond acceptors (Lipinski definition) is 5. The normalized spacial score (nSPS) is 14.0. The molecule has 1 aliphatic rings. The number of amides is 2. The second kappa shape index (κ2) is 7.85. The Bertz CT molecular complexity index is 1120. The van der Waals surface area contributed by atoms with Gasteiger partial charge in [0.2, 0.25) is 0 Å². The lowest BCUT2D eigenvalue weighted by Crippen LogP contribution is -2.32. The predicted molar refractivity (Wildman–Crippen MR) is 119 cm³/mol. The minimum Gasteiger partial charge on any atom is -0.495 e. The second-order valence-electron chi connectivity index (χ2n) is 6.48. The highest BCUT2D eigenvalue weighted by atomic mass is 79.9. The molecule has 0 bridgehead atoms. The van der Waals surface area contributed by atoms with E-state index in [1.807, 2.05) is 42.6 Å². The molecule has 2 heterocycles. The van der Waals surface area contributed by atoms with Gasteiger partial charge in [0.1, 0.15) is 11.4 Å². The van der Waals surface area contributed by atoms with Gasteiger partial charge in [-0.3, -0.25) is 9.59 Å². The first-order valence-electron chi connectivity index (χ1n) is 8.83. The first kappa shape index (κ1) is 19.4. The molecule has 2 aromatic carbocycles. The van der Waals surface area contributed by atoms with Gasteiger partial charge in [0.05, 0.1) is 24.1 Å². The van der Waals surface area contributed by atoms with Crippen molar-refractivity contribution in [2.24, 2.45) is 0 Å². The number of ether oxygens (including phenoxy) is 1. The Morgan fingerprint density at radius 2 is 1.79 bits per heavy atom. The van der Waals surface area contributed by atoms with Crippen LogP contribution in [0.5, 0.6) is 5.75 Å². The van der Waals surface area contributed by atoms with Crippen LogP contribution in [0, 0.1) is 6.92 Å². The lowest BCUT2D eigenvalue weighted by molar-refractivity contribution is -0.120. The maximum Gasteiger partial charge on any atom is 0.282 e. The molecule has 0 aliphatic carbocycles. The van der Waals surface area contributed by atoms with E-state index in [0.29, 0.717) is 22.7 Å². The highest BCUT2D eigenvalue weighted by Gasteiger charge is 2.40. The zero-order chi connectivity index (χ0) is 20.5. The number of rotatable bonds is 5. The molecule has 0 radical (unpaired) electrons. The molecule has 5 nitrogen and oxygen atoms in total.